The molecule has 4 bridgehead atoms. The highest BCUT2D eigenvalue weighted by molar-refractivity contribution is 5.92. The summed E-state index contributed by atoms with van der Waals surface area (Å²) in [5, 5.41) is 6.35. The van der Waals surface area contributed by atoms with E-state index in [9.17, 15) is 9.59 Å². The summed E-state index contributed by atoms with van der Waals surface area (Å²) >= 11 is 0. The highest BCUT2D eigenvalue weighted by Crippen LogP contribution is 2.66. The molecule has 2 atom stereocenters. The van der Waals surface area contributed by atoms with Gasteiger partial charge in [-0.05, 0) is 75.2 Å². The molecule has 0 saturated heterocycles. The van der Waals surface area contributed by atoms with Gasteiger partial charge in [0.05, 0.1) is 5.41 Å². The first-order valence-corrected chi connectivity index (χ1v) is 10.8. The number of ether oxygens (including phenoxy) is 1. The van der Waals surface area contributed by atoms with Gasteiger partial charge in [0.15, 0.2) is 12.4 Å². The maximum absolute atomic E-state index is 13.2. The lowest BCUT2D eigenvalue weighted by Crippen LogP contribution is -2.57. The molecule has 2 unspecified atom stereocenters. The van der Waals surface area contributed by atoms with E-state index >= 15 is 0 Å². The van der Waals surface area contributed by atoms with Crippen molar-refractivity contribution in [2.45, 2.75) is 57.8 Å². The van der Waals surface area contributed by atoms with Crippen molar-refractivity contribution in [1.82, 2.24) is 5.16 Å². The minimum Gasteiger partial charge on any atom is -0.455 e. The molecule has 1 aromatic carbocycles. The van der Waals surface area contributed by atoms with E-state index in [0.29, 0.717) is 23.4 Å². The molecule has 6 nitrogen and oxygen atoms in total. The molecule has 4 saturated carbocycles. The normalized spacial score (nSPS) is 31.5. The van der Waals surface area contributed by atoms with Gasteiger partial charge in [-0.1, -0.05) is 35.0 Å². The fourth-order valence-corrected chi connectivity index (χ4v) is 6.63. The number of amides is 1. The van der Waals surface area contributed by atoms with Crippen LogP contribution in [0.5, 0.6) is 0 Å². The number of nitrogens with zero attached hydrogens (tertiary/aromatic N) is 1. The highest BCUT2D eigenvalue weighted by Gasteiger charge is 2.61. The van der Waals surface area contributed by atoms with Crippen molar-refractivity contribution in [2.75, 3.05) is 11.9 Å². The Balaban J connectivity index is 1.30. The molecular weight excluding hydrogens is 380 g/mol. The Bertz CT molecular complexity index is 963. The zero-order valence-corrected chi connectivity index (χ0v) is 17.6. The number of nitrogens with one attached hydrogen (secondary N) is 1. The second kappa shape index (κ2) is 6.96. The van der Waals surface area contributed by atoms with Crippen molar-refractivity contribution in [3.63, 3.8) is 0 Å². The van der Waals surface area contributed by atoms with Gasteiger partial charge in [-0.25, -0.2) is 0 Å². The van der Waals surface area contributed by atoms with Gasteiger partial charge < -0.3 is 14.6 Å². The number of aryl methyl sites for hydroxylation is 2. The Kier molecular flexibility index (Phi) is 4.49. The van der Waals surface area contributed by atoms with E-state index in [2.05, 4.69) is 41.7 Å². The van der Waals surface area contributed by atoms with Crippen molar-refractivity contribution in [3.05, 3.63) is 47.2 Å². The van der Waals surface area contributed by atoms with Crippen molar-refractivity contribution in [1.29, 1.82) is 0 Å². The summed E-state index contributed by atoms with van der Waals surface area (Å²) in [6, 6.07) is 10.5. The Hall–Kier alpha value is -2.63. The standard InChI is InChI=1S/C24H28N2O4/c1-15-3-5-19(6-4-15)23-9-17-8-18(10-23)12-24(11-17,14-23)22(28)29-13-21(27)25-20-7-16(2)30-26-20/h3-7,17-18H,8-14H2,1-2H3,(H,25,26,27). The van der Waals surface area contributed by atoms with Gasteiger partial charge in [0.25, 0.3) is 5.91 Å². The predicted octanol–water partition coefficient (Wildman–Crippen LogP) is 4.31. The Morgan fingerprint density at radius 1 is 1.13 bits per heavy atom. The van der Waals surface area contributed by atoms with E-state index < -0.39 is 11.3 Å². The monoisotopic (exact) mass is 408 g/mol. The van der Waals surface area contributed by atoms with Gasteiger partial charge >= 0.3 is 5.97 Å². The fourth-order valence-electron chi connectivity index (χ4n) is 6.63. The third-order valence-corrected chi connectivity index (χ3v) is 7.39. The number of rotatable bonds is 5. The summed E-state index contributed by atoms with van der Waals surface area (Å²) in [7, 11) is 0. The van der Waals surface area contributed by atoms with Crippen molar-refractivity contribution in [3.8, 4) is 0 Å². The molecule has 4 fully saturated rings. The number of esters is 1. The number of carbonyl (C=O) groups excluding carboxylic acids is 2. The lowest BCUT2D eigenvalue weighted by Gasteiger charge is -2.61. The van der Waals surface area contributed by atoms with Gasteiger partial charge in [0.1, 0.15) is 5.76 Å². The predicted molar refractivity (Wildman–Crippen MR) is 111 cm³/mol. The fraction of sp³-hybridized carbons (Fsp3) is 0.542. The smallest absolute Gasteiger partial charge is 0.312 e. The summed E-state index contributed by atoms with van der Waals surface area (Å²) in [4.78, 5) is 25.4. The van der Waals surface area contributed by atoms with Crippen LogP contribution in [-0.4, -0.2) is 23.6 Å². The summed E-state index contributed by atoms with van der Waals surface area (Å²) in [5.74, 6) is 1.47. The van der Waals surface area contributed by atoms with Crippen LogP contribution in [0.1, 0.15) is 55.4 Å². The highest BCUT2D eigenvalue weighted by atomic mass is 16.5. The molecule has 4 aliphatic rings. The number of benzene rings is 1. The number of hydrogen-bond acceptors (Lipinski definition) is 5. The zero-order chi connectivity index (χ0) is 20.9. The number of aromatic nitrogens is 1. The van der Waals surface area contributed by atoms with Gasteiger partial charge in [-0.15, -0.1) is 0 Å². The Morgan fingerprint density at radius 3 is 2.47 bits per heavy atom. The van der Waals surface area contributed by atoms with Crippen LogP contribution in [0.4, 0.5) is 5.82 Å². The summed E-state index contributed by atoms with van der Waals surface area (Å²) < 4.78 is 10.5. The number of anilines is 1. The first-order valence-electron chi connectivity index (χ1n) is 10.8. The van der Waals surface area contributed by atoms with Crippen LogP contribution in [0.3, 0.4) is 0 Å². The van der Waals surface area contributed by atoms with Crippen LogP contribution in [0.15, 0.2) is 34.9 Å². The molecule has 2 aromatic rings. The second-order valence-corrected chi connectivity index (χ2v) is 9.83. The SMILES string of the molecule is Cc1ccc(C23CC4CC(CC(C(=O)OCC(=O)Nc5cc(C)on5)(C4)C2)C3)cc1. The molecule has 1 aromatic heterocycles. The van der Waals surface area contributed by atoms with Gasteiger partial charge in [-0.3, -0.25) is 9.59 Å². The molecule has 6 rings (SSSR count). The first-order chi connectivity index (χ1) is 14.4. The third-order valence-electron chi connectivity index (χ3n) is 7.39. The van der Waals surface area contributed by atoms with Crippen molar-refractivity contribution < 1.29 is 18.8 Å². The van der Waals surface area contributed by atoms with Crippen molar-refractivity contribution in [2.24, 2.45) is 17.3 Å². The molecule has 1 N–H and O–H groups in total. The van der Waals surface area contributed by atoms with Gasteiger partial charge in [0.2, 0.25) is 0 Å². The van der Waals surface area contributed by atoms with Gasteiger partial charge in [0, 0.05) is 6.07 Å². The van der Waals surface area contributed by atoms with Gasteiger partial charge in [-0.2, -0.15) is 0 Å². The quantitative estimate of drug-likeness (QED) is 0.746. The largest absolute Gasteiger partial charge is 0.455 e. The van der Waals surface area contributed by atoms with Crippen LogP contribution in [0, 0.1) is 31.1 Å². The lowest BCUT2D eigenvalue weighted by atomic mass is 9.43. The summed E-state index contributed by atoms with van der Waals surface area (Å²) in [6.07, 6.45) is 6.15. The van der Waals surface area contributed by atoms with Crippen LogP contribution >= 0.6 is 0 Å². The Labute approximate surface area is 176 Å². The van der Waals surface area contributed by atoms with E-state index in [0.717, 1.165) is 32.1 Å². The van der Waals surface area contributed by atoms with E-state index in [1.165, 1.54) is 17.5 Å². The number of hydrogen-bond donors (Lipinski definition) is 1. The zero-order valence-electron chi connectivity index (χ0n) is 17.6. The minimum absolute atomic E-state index is 0.0668. The Morgan fingerprint density at radius 2 is 1.83 bits per heavy atom. The van der Waals surface area contributed by atoms with E-state index in [1.54, 1.807) is 13.0 Å². The minimum atomic E-state index is -0.459. The molecule has 0 aliphatic heterocycles. The maximum atomic E-state index is 13.2. The molecule has 0 radical (unpaired) electrons. The summed E-state index contributed by atoms with van der Waals surface area (Å²) in [5.41, 5.74) is 2.22. The molecule has 30 heavy (non-hydrogen) atoms. The molecule has 158 valence electrons. The maximum Gasteiger partial charge on any atom is 0.312 e. The number of carbonyl (C=O) groups is 2. The average Bonchev–Trinajstić information content (AvgIpc) is 3.10. The average molecular weight is 408 g/mol. The van der Waals surface area contributed by atoms with Crippen LogP contribution in [-0.2, 0) is 19.7 Å². The molecule has 1 amide bonds. The topological polar surface area (TPSA) is 81.4 Å². The van der Waals surface area contributed by atoms with E-state index in [1.807, 2.05) is 0 Å². The van der Waals surface area contributed by atoms with Crippen LogP contribution < -0.4 is 5.32 Å². The molecule has 0 spiro atoms. The first kappa shape index (κ1) is 19.3. The molecule has 1 heterocycles. The van der Waals surface area contributed by atoms with E-state index in [-0.39, 0.29) is 18.0 Å². The third kappa shape index (κ3) is 3.32. The molecule has 4 aliphatic carbocycles. The van der Waals surface area contributed by atoms with Crippen molar-refractivity contribution >= 4 is 17.7 Å². The van der Waals surface area contributed by atoms with Crippen LogP contribution in [0.2, 0.25) is 0 Å². The lowest BCUT2D eigenvalue weighted by molar-refractivity contribution is -0.175. The summed E-state index contributed by atoms with van der Waals surface area (Å²) in [6.45, 7) is 3.56. The molecule has 6 heteroatoms. The van der Waals surface area contributed by atoms with E-state index in [4.69, 9.17) is 9.26 Å². The second-order valence-electron chi connectivity index (χ2n) is 9.83. The van der Waals surface area contributed by atoms with Crippen LogP contribution in [0.25, 0.3) is 0 Å². The molecular formula is C24H28N2O4.